The molecule has 1 saturated heterocycles. The summed E-state index contributed by atoms with van der Waals surface area (Å²) in [6.07, 6.45) is 3.40. The van der Waals surface area contributed by atoms with E-state index in [9.17, 15) is 14.4 Å². The van der Waals surface area contributed by atoms with Gasteiger partial charge in [0.25, 0.3) is 11.8 Å². The van der Waals surface area contributed by atoms with Crippen LogP contribution >= 0.6 is 11.8 Å². The Labute approximate surface area is 202 Å². The number of amides is 3. The van der Waals surface area contributed by atoms with E-state index < -0.39 is 11.2 Å². The van der Waals surface area contributed by atoms with Gasteiger partial charge >= 0.3 is 0 Å². The van der Waals surface area contributed by atoms with Gasteiger partial charge in [0.15, 0.2) is 5.17 Å². The fraction of sp³-hybridized carbons (Fsp3) is 0.391. The van der Waals surface area contributed by atoms with Crippen molar-refractivity contribution in [1.82, 2.24) is 20.3 Å². The van der Waals surface area contributed by atoms with Crippen LogP contribution in [0.25, 0.3) is 0 Å². The standard InChI is InChI=1S/C23H27N7O3S/c1-14-11-15(2)25-22(24-14)29-28-20(32)16-7-6-8-17(12-16)26-19(31)13-18-21(33)27-23(34-18)30-9-4-3-5-10-30/h6-8,11-12,18H,3-5,9-10,13H2,1-2H3,(H,26,31)(H,28,32)(H,24,25,29). The molecule has 0 bridgehead atoms. The lowest BCUT2D eigenvalue weighted by atomic mass is 10.1. The van der Waals surface area contributed by atoms with Gasteiger partial charge in [-0.25, -0.2) is 9.97 Å². The highest BCUT2D eigenvalue weighted by molar-refractivity contribution is 8.15. The van der Waals surface area contributed by atoms with Gasteiger partial charge < -0.3 is 10.2 Å². The first kappa shape index (κ1) is 23.7. The predicted molar refractivity (Wildman–Crippen MR) is 132 cm³/mol. The number of nitrogens with zero attached hydrogens (tertiary/aromatic N) is 4. The van der Waals surface area contributed by atoms with Crippen LogP contribution in [0, 0.1) is 13.8 Å². The van der Waals surface area contributed by atoms with Gasteiger partial charge in [-0.3, -0.25) is 25.2 Å². The second kappa shape index (κ2) is 10.6. The van der Waals surface area contributed by atoms with Gasteiger partial charge in [-0.05, 0) is 57.4 Å². The summed E-state index contributed by atoms with van der Waals surface area (Å²) in [4.78, 5) is 52.1. The first-order valence-electron chi connectivity index (χ1n) is 11.2. The van der Waals surface area contributed by atoms with Crippen molar-refractivity contribution in [2.24, 2.45) is 4.99 Å². The molecule has 4 rings (SSSR count). The Hall–Kier alpha value is -3.47. The molecule has 1 unspecified atom stereocenters. The number of aliphatic imine (C=N–C) groups is 1. The second-order valence-electron chi connectivity index (χ2n) is 8.27. The van der Waals surface area contributed by atoms with E-state index in [1.165, 1.54) is 18.2 Å². The molecule has 1 aromatic carbocycles. The maximum Gasteiger partial charge on any atom is 0.269 e. The van der Waals surface area contributed by atoms with Crippen LogP contribution in [0.2, 0.25) is 0 Å². The van der Waals surface area contributed by atoms with E-state index >= 15 is 0 Å². The molecule has 3 N–H and O–H groups in total. The van der Waals surface area contributed by atoms with E-state index in [1.54, 1.807) is 24.3 Å². The monoisotopic (exact) mass is 481 g/mol. The molecule has 3 amide bonds. The maximum atomic E-state index is 12.6. The van der Waals surface area contributed by atoms with Gasteiger partial charge in [0.1, 0.15) is 5.25 Å². The first-order valence-corrected chi connectivity index (χ1v) is 12.1. The molecule has 0 radical (unpaired) electrons. The number of carbonyl (C=O) groups excluding carboxylic acids is 3. The van der Waals surface area contributed by atoms with Crippen LogP contribution in [0.4, 0.5) is 11.6 Å². The normalized spacial score (nSPS) is 17.8. The number of rotatable bonds is 6. The number of aryl methyl sites for hydroxylation is 2. The molecule has 2 aliphatic rings. The molecule has 1 aromatic heterocycles. The van der Waals surface area contributed by atoms with E-state index in [0.717, 1.165) is 42.5 Å². The topological polar surface area (TPSA) is 129 Å². The molecule has 2 aromatic rings. The molecular weight excluding hydrogens is 454 g/mol. The minimum atomic E-state index is -0.523. The number of thioether (sulfide) groups is 1. The van der Waals surface area contributed by atoms with Crippen LogP contribution in [0.1, 0.15) is 47.4 Å². The van der Waals surface area contributed by atoms with Gasteiger partial charge in [-0.15, -0.1) is 0 Å². The number of hydrazine groups is 1. The average Bonchev–Trinajstić information content (AvgIpc) is 3.17. The molecule has 3 heterocycles. The Balaban J connectivity index is 1.30. The van der Waals surface area contributed by atoms with E-state index in [0.29, 0.717) is 17.2 Å². The zero-order valence-corrected chi connectivity index (χ0v) is 19.9. The van der Waals surface area contributed by atoms with Gasteiger partial charge in [0.2, 0.25) is 11.9 Å². The number of nitrogens with one attached hydrogen (secondary N) is 3. The highest BCUT2D eigenvalue weighted by atomic mass is 32.2. The average molecular weight is 482 g/mol. The summed E-state index contributed by atoms with van der Waals surface area (Å²) in [7, 11) is 0. The molecule has 34 heavy (non-hydrogen) atoms. The number of benzene rings is 1. The molecule has 0 spiro atoms. The van der Waals surface area contributed by atoms with Crippen LogP contribution in [-0.2, 0) is 9.59 Å². The summed E-state index contributed by atoms with van der Waals surface area (Å²) >= 11 is 1.36. The van der Waals surface area contributed by atoms with E-state index in [2.05, 4.69) is 36.0 Å². The highest BCUT2D eigenvalue weighted by Gasteiger charge is 2.33. The lowest BCUT2D eigenvalue weighted by molar-refractivity contribution is -0.121. The Morgan fingerprint density at radius 1 is 1.09 bits per heavy atom. The Kier molecular flexibility index (Phi) is 7.41. The molecule has 10 nitrogen and oxygen atoms in total. The maximum absolute atomic E-state index is 12.6. The van der Waals surface area contributed by atoms with E-state index in [4.69, 9.17) is 0 Å². The number of hydrogen-bond donors (Lipinski definition) is 3. The van der Waals surface area contributed by atoms with Crippen LogP contribution in [0.15, 0.2) is 35.3 Å². The van der Waals surface area contributed by atoms with Crippen molar-refractivity contribution in [3.8, 4) is 0 Å². The summed E-state index contributed by atoms with van der Waals surface area (Å²) in [5, 5.41) is 2.97. The van der Waals surface area contributed by atoms with Gasteiger partial charge in [0.05, 0.1) is 0 Å². The number of hydrogen-bond acceptors (Lipinski definition) is 8. The molecule has 178 valence electrons. The summed E-state index contributed by atoms with van der Waals surface area (Å²) < 4.78 is 0. The second-order valence-corrected chi connectivity index (χ2v) is 9.44. The lowest BCUT2D eigenvalue weighted by Crippen LogP contribution is -2.33. The van der Waals surface area contributed by atoms with Crippen molar-refractivity contribution in [3.05, 3.63) is 47.3 Å². The Morgan fingerprint density at radius 3 is 2.56 bits per heavy atom. The number of piperidine rings is 1. The van der Waals surface area contributed by atoms with E-state index in [1.807, 2.05) is 19.9 Å². The third-order valence-corrected chi connectivity index (χ3v) is 6.62. The van der Waals surface area contributed by atoms with Crippen molar-refractivity contribution in [3.63, 3.8) is 0 Å². The SMILES string of the molecule is Cc1cc(C)nc(NNC(=O)c2cccc(NC(=O)CC3SC(N4CCCCC4)=NC3=O)c2)n1. The highest BCUT2D eigenvalue weighted by Crippen LogP contribution is 2.29. The molecular formula is C23H27N7O3S. The van der Waals surface area contributed by atoms with Crippen LogP contribution in [0.3, 0.4) is 0 Å². The Morgan fingerprint density at radius 2 is 1.82 bits per heavy atom. The molecule has 0 saturated carbocycles. The zero-order valence-electron chi connectivity index (χ0n) is 19.1. The molecule has 1 fully saturated rings. The summed E-state index contributed by atoms with van der Waals surface area (Å²) in [6, 6.07) is 8.39. The van der Waals surface area contributed by atoms with E-state index in [-0.39, 0.29) is 18.2 Å². The van der Waals surface area contributed by atoms with Crippen molar-refractivity contribution < 1.29 is 14.4 Å². The first-order chi connectivity index (χ1) is 16.4. The lowest BCUT2D eigenvalue weighted by Gasteiger charge is -2.27. The smallest absolute Gasteiger partial charge is 0.269 e. The Bertz CT molecular complexity index is 1110. The van der Waals surface area contributed by atoms with Gasteiger partial charge in [-0.2, -0.15) is 4.99 Å². The van der Waals surface area contributed by atoms with Crippen molar-refractivity contribution in [2.45, 2.75) is 44.8 Å². The van der Waals surface area contributed by atoms with Crippen LogP contribution < -0.4 is 16.2 Å². The largest absolute Gasteiger partial charge is 0.351 e. The zero-order chi connectivity index (χ0) is 24.1. The van der Waals surface area contributed by atoms with Crippen LogP contribution in [-0.4, -0.2) is 56.1 Å². The quantitative estimate of drug-likeness (QED) is 0.537. The molecule has 0 aliphatic carbocycles. The molecule has 2 aliphatic heterocycles. The molecule has 1 atom stereocenters. The fourth-order valence-corrected chi connectivity index (χ4v) is 4.93. The number of aromatic nitrogens is 2. The fourth-order valence-electron chi connectivity index (χ4n) is 3.81. The minimum absolute atomic E-state index is 0.0202. The van der Waals surface area contributed by atoms with Crippen molar-refractivity contribution in [1.29, 1.82) is 0 Å². The third-order valence-electron chi connectivity index (χ3n) is 5.40. The predicted octanol–water partition coefficient (Wildman–Crippen LogP) is 2.66. The number of anilines is 2. The van der Waals surface area contributed by atoms with Gasteiger partial charge in [0, 0.05) is 42.1 Å². The third kappa shape index (κ3) is 6.10. The summed E-state index contributed by atoms with van der Waals surface area (Å²) in [5.74, 6) is -0.686. The number of amidine groups is 1. The number of likely N-dealkylation sites (tertiary alicyclic amines) is 1. The van der Waals surface area contributed by atoms with Crippen molar-refractivity contribution in [2.75, 3.05) is 23.8 Å². The van der Waals surface area contributed by atoms with Gasteiger partial charge in [-0.1, -0.05) is 17.8 Å². The molecule has 11 heteroatoms. The van der Waals surface area contributed by atoms with Crippen LogP contribution in [0.5, 0.6) is 0 Å². The van der Waals surface area contributed by atoms with Crippen molar-refractivity contribution >= 4 is 46.3 Å². The minimum Gasteiger partial charge on any atom is -0.351 e. The number of carbonyl (C=O) groups is 3. The summed E-state index contributed by atoms with van der Waals surface area (Å²) in [5.41, 5.74) is 7.63. The summed E-state index contributed by atoms with van der Waals surface area (Å²) in [6.45, 7) is 5.48.